The Morgan fingerprint density at radius 3 is 2.75 bits per heavy atom. The Morgan fingerprint density at radius 1 is 1.17 bits per heavy atom. The molecule has 0 fully saturated rings. The van der Waals surface area contributed by atoms with Crippen molar-refractivity contribution in [2.24, 2.45) is 0 Å². The Bertz CT molecular complexity index is 787. The first-order valence-corrected chi connectivity index (χ1v) is 8.61. The quantitative estimate of drug-likeness (QED) is 0.631. The second-order valence-corrected chi connectivity index (χ2v) is 6.45. The summed E-state index contributed by atoms with van der Waals surface area (Å²) in [5.74, 6) is 0.986. The molecule has 0 spiro atoms. The second kappa shape index (κ2) is 7.84. The van der Waals surface area contributed by atoms with Crippen molar-refractivity contribution in [3.63, 3.8) is 0 Å². The maximum Gasteiger partial charge on any atom is 0.289 e. The molecule has 24 heavy (non-hydrogen) atoms. The number of amides is 1. The lowest BCUT2D eigenvalue weighted by molar-refractivity contribution is 0.0752. The highest BCUT2D eigenvalue weighted by atomic mass is 32.2. The standard InChI is InChI=1S/C19H18N2O2S/c1-21(13-15-6-5-10-20-12-15)19(22)18-16(9-11-23-18)14-24-17-7-3-2-4-8-17/h2-12H,13-14H2,1H3. The lowest BCUT2D eigenvalue weighted by atomic mass is 10.2. The van der Waals surface area contributed by atoms with Crippen LogP contribution in [0.3, 0.4) is 0 Å². The van der Waals surface area contributed by atoms with E-state index in [0.29, 0.717) is 18.1 Å². The van der Waals surface area contributed by atoms with Gasteiger partial charge in [0.1, 0.15) is 0 Å². The van der Waals surface area contributed by atoms with Crippen molar-refractivity contribution in [2.45, 2.75) is 17.2 Å². The third kappa shape index (κ3) is 4.06. The fraction of sp³-hybridized carbons (Fsp3) is 0.158. The van der Waals surface area contributed by atoms with E-state index in [9.17, 15) is 4.79 Å². The molecule has 4 nitrogen and oxygen atoms in total. The van der Waals surface area contributed by atoms with Gasteiger partial charge in [-0.25, -0.2) is 0 Å². The molecule has 2 heterocycles. The Kier molecular flexibility index (Phi) is 5.33. The van der Waals surface area contributed by atoms with Gasteiger partial charge in [-0.2, -0.15) is 0 Å². The average molecular weight is 338 g/mol. The lowest BCUT2D eigenvalue weighted by Gasteiger charge is -2.16. The molecular formula is C19H18N2O2S. The van der Waals surface area contributed by atoms with Crippen molar-refractivity contribution in [1.29, 1.82) is 0 Å². The van der Waals surface area contributed by atoms with Crippen LogP contribution < -0.4 is 0 Å². The molecule has 3 aromatic rings. The highest BCUT2D eigenvalue weighted by Gasteiger charge is 2.19. The molecule has 0 aliphatic heterocycles. The average Bonchev–Trinajstić information content (AvgIpc) is 3.09. The van der Waals surface area contributed by atoms with Gasteiger partial charge >= 0.3 is 0 Å². The number of rotatable bonds is 6. The van der Waals surface area contributed by atoms with Gasteiger partial charge in [0.2, 0.25) is 0 Å². The number of pyridine rings is 1. The van der Waals surface area contributed by atoms with Crippen LogP contribution in [0, 0.1) is 0 Å². The van der Waals surface area contributed by atoms with Crippen LogP contribution in [0.1, 0.15) is 21.7 Å². The minimum Gasteiger partial charge on any atom is -0.459 e. The van der Waals surface area contributed by atoms with Crippen molar-refractivity contribution < 1.29 is 9.21 Å². The summed E-state index contributed by atoms with van der Waals surface area (Å²) in [5.41, 5.74) is 1.90. The van der Waals surface area contributed by atoms with Gasteiger partial charge in [-0.05, 0) is 29.8 Å². The number of furan rings is 1. The molecule has 1 amide bonds. The summed E-state index contributed by atoms with van der Waals surface area (Å²) in [6.07, 6.45) is 5.06. The lowest BCUT2D eigenvalue weighted by Crippen LogP contribution is -2.26. The molecule has 0 unspecified atom stereocenters. The van der Waals surface area contributed by atoms with E-state index in [0.717, 1.165) is 11.1 Å². The van der Waals surface area contributed by atoms with Crippen molar-refractivity contribution in [3.8, 4) is 0 Å². The first-order valence-electron chi connectivity index (χ1n) is 7.62. The summed E-state index contributed by atoms with van der Waals surface area (Å²) in [6.45, 7) is 0.499. The maximum absolute atomic E-state index is 12.6. The summed E-state index contributed by atoms with van der Waals surface area (Å²) in [5, 5.41) is 0. The van der Waals surface area contributed by atoms with Crippen LogP contribution in [-0.2, 0) is 12.3 Å². The Balaban J connectivity index is 1.66. The van der Waals surface area contributed by atoms with Gasteiger partial charge in [-0.3, -0.25) is 9.78 Å². The molecule has 0 radical (unpaired) electrons. The Morgan fingerprint density at radius 2 is 2.00 bits per heavy atom. The first-order chi connectivity index (χ1) is 11.7. The highest BCUT2D eigenvalue weighted by Crippen LogP contribution is 2.25. The van der Waals surface area contributed by atoms with Gasteiger partial charge in [-0.1, -0.05) is 24.3 Å². The van der Waals surface area contributed by atoms with Crippen LogP contribution in [0.25, 0.3) is 0 Å². The number of carbonyl (C=O) groups is 1. The van der Waals surface area contributed by atoms with Crippen LogP contribution in [0.4, 0.5) is 0 Å². The van der Waals surface area contributed by atoms with Crippen LogP contribution in [0.2, 0.25) is 0 Å². The number of aromatic nitrogens is 1. The van der Waals surface area contributed by atoms with E-state index in [1.54, 1.807) is 42.4 Å². The molecule has 2 aromatic heterocycles. The number of carbonyl (C=O) groups excluding carboxylic acids is 1. The molecule has 0 aliphatic carbocycles. The molecule has 1 aromatic carbocycles. The van der Waals surface area contributed by atoms with E-state index in [-0.39, 0.29) is 5.91 Å². The van der Waals surface area contributed by atoms with Gasteiger partial charge in [0, 0.05) is 42.2 Å². The topological polar surface area (TPSA) is 46.3 Å². The van der Waals surface area contributed by atoms with Crippen molar-refractivity contribution >= 4 is 17.7 Å². The summed E-state index contributed by atoms with van der Waals surface area (Å²) < 4.78 is 5.45. The van der Waals surface area contributed by atoms with E-state index in [1.807, 2.05) is 36.4 Å². The fourth-order valence-corrected chi connectivity index (χ4v) is 3.22. The minimum atomic E-state index is -0.118. The molecule has 0 N–H and O–H groups in total. The number of benzene rings is 1. The van der Waals surface area contributed by atoms with Gasteiger partial charge in [0.25, 0.3) is 5.91 Å². The van der Waals surface area contributed by atoms with Crippen molar-refractivity contribution in [1.82, 2.24) is 9.88 Å². The number of nitrogens with zero attached hydrogens (tertiary/aromatic N) is 2. The molecular weight excluding hydrogens is 320 g/mol. The molecule has 3 rings (SSSR count). The molecule has 0 saturated heterocycles. The third-order valence-corrected chi connectivity index (χ3v) is 4.63. The largest absolute Gasteiger partial charge is 0.459 e. The SMILES string of the molecule is CN(Cc1cccnc1)C(=O)c1occc1CSc1ccccc1. The van der Waals surface area contributed by atoms with Gasteiger partial charge in [0.05, 0.1) is 6.26 Å². The Labute approximate surface area is 145 Å². The first kappa shape index (κ1) is 16.3. The zero-order valence-electron chi connectivity index (χ0n) is 13.4. The van der Waals surface area contributed by atoms with Crippen LogP contribution in [-0.4, -0.2) is 22.8 Å². The van der Waals surface area contributed by atoms with Crippen LogP contribution >= 0.6 is 11.8 Å². The van der Waals surface area contributed by atoms with Crippen molar-refractivity contribution in [2.75, 3.05) is 7.05 Å². The monoisotopic (exact) mass is 338 g/mol. The molecule has 0 aliphatic rings. The second-order valence-electron chi connectivity index (χ2n) is 5.40. The van der Waals surface area contributed by atoms with E-state index >= 15 is 0 Å². The van der Waals surface area contributed by atoms with E-state index < -0.39 is 0 Å². The summed E-state index contributed by atoms with van der Waals surface area (Å²) in [7, 11) is 1.77. The predicted octanol–water partition coefficient (Wildman–Crippen LogP) is 4.24. The van der Waals surface area contributed by atoms with E-state index in [2.05, 4.69) is 17.1 Å². The molecule has 0 saturated carbocycles. The molecule has 5 heteroatoms. The van der Waals surface area contributed by atoms with Gasteiger partial charge in [0.15, 0.2) is 5.76 Å². The Hall–Kier alpha value is -2.53. The predicted molar refractivity (Wildman–Crippen MR) is 94.7 cm³/mol. The highest BCUT2D eigenvalue weighted by molar-refractivity contribution is 7.98. The minimum absolute atomic E-state index is 0.118. The normalized spacial score (nSPS) is 10.5. The molecule has 0 bridgehead atoms. The zero-order valence-corrected chi connectivity index (χ0v) is 14.2. The number of thioether (sulfide) groups is 1. The summed E-state index contributed by atoms with van der Waals surface area (Å²) in [6, 6.07) is 15.8. The molecule has 0 atom stereocenters. The van der Waals surface area contributed by atoms with Gasteiger partial charge < -0.3 is 9.32 Å². The van der Waals surface area contributed by atoms with E-state index in [4.69, 9.17) is 4.42 Å². The summed E-state index contributed by atoms with van der Waals surface area (Å²) >= 11 is 1.68. The number of hydrogen-bond donors (Lipinski definition) is 0. The van der Waals surface area contributed by atoms with E-state index in [1.165, 1.54) is 4.90 Å². The fourth-order valence-electron chi connectivity index (χ4n) is 2.33. The van der Waals surface area contributed by atoms with Crippen LogP contribution in [0.5, 0.6) is 0 Å². The summed E-state index contributed by atoms with van der Waals surface area (Å²) in [4.78, 5) is 19.5. The molecule has 122 valence electrons. The maximum atomic E-state index is 12.6. The third-order valence-electron chi connectivity index (χ3n) is 3.57. The smallest absolute Gasteiger partial charge is 0.289 e. The van der Waals surface area contributed by atoms with Crippen LogP contribution in [0.15, 0.2) is 76.5 Å². The van der Waals surface area contributed by atoms with Gasteiger partial charge in [-0.15, -0.1) is 11.8 Å². The number of hydrogen-bond acceptors (Lipinski definition) is 4. The zero-order chi connectivity index (χ0) is 16.8. The van der Waals surface area contributed by atoms with Crippen molar-refractivity contribution in [3.05, 3.63) is 84.1 Å².